The Kier molecular flexibility index (Phi) is 6.23. The van der Waals surface area contributed by atoms with Gasteiger partial charge in [0.15, 0.2) is 6.61 Å². The summed E-state index contributed by atoms with van der Waals surface area (Å²) < 4.78 is 5.57. The van der Waals surface area contributed by atoms with Crippen molar-refractivity contribution in [2.24, 2.45) is 0 Å². The van der Waals surface area contributed by atoms with Crippen molar-refractivity contribution in [1.82, 2.24) is 4.98 Å². The highest BCUT2D eigenvalue weighted by molar-refractivity contribution is 6.12. The number of hydrogen-bond donors (Lipinski definition) is 0. The number of carbonyl (C=O) groups is 2. The molecule has 1 aromatic heterocycles. The fourth-order valence-corrected chi connectivity index (χ4v) is 4.94. The zero-order valence-electron chi connectivity index (χ0n) is 19.2. The molecule has 7 heteroatoms. The molecule has 0 radical (unpaired) electrons. The molecule has 0 atom stereocenters. The first-order chi connectivity index (χ1) is 17.0. The van der Waals surface area contributed by atoms with Crippen LogP contribution in [0, 0.1) is 10.1 Å². The monoisotopic (exact) mass is 468 g/mol. The molecule has 0 saturated carbocycles. The van der Waals surface area contributed by atoms with Gasteiger partial charge in [0.05, 0.1) is 21.4 Å². The van der Waals surface area contributed by atoms with Gasteiger partial charge in [-0.25, -0.2) is 4.79 Å². The fourth-order valence-electron chi connectivity index (χ4n) is 4.94. The van der Waals surface area contributed by atoms with Gasteiger partial charge in [0.1, 0.15) is 0 Å². The minimum absolute atomic E-state index is 0.0731. The standard InChI is InChI=1S/C28H24N2O5/c31-26(20-13-7-12-19-18(20)11-8-16-25(19)30(33)34)17-35-28(32)27-21-9-3-1-2-4-14-23(21)29-24-15-6-5-10-22(24)27/h5-8,10-13,15-16H,1-4,9,14,17H2. The number of nitro groups is 1. The molecule has 5 rings (SSSR count). The number of rotatable bonds is 5. The van der Waals surface area contributed by atoms with E-state index in [1.54, 1.807) is 30.3 Å². The molecule has 35 heavy (non-hydrogen) atoms. The van der Waals surface area contributed by atoms with Crippen molar-refractivity contribution in [1.29, 1.82) is 0 Å². The number of ketones is 1. The Bertz CT molecular complexity index is 1480. The van der Waals surface area contributed by atoms with Crippen LogP contribution in [-0.4, -0.2) is 28.3 Å². The number of Topliss-reactive ketones (excluding diaryl/α,β-unsaturated/α-hetero) is 1. The van der Waals surface area contributed by atoms with Crippen molar-refractivity contribution in [3.05, 3.63) is 93.2 Å². The molecule has 3 aromatic carbocycles. The van der Waals surface area contributed by atoms with Crippen LogP contribution in [0.25, 0.3) is 21.7 Å². The molecule has 0 N–H and O–H groups in total. The van der Waals surface area contributed by atoms with E-state index in [9.17, 15) is 19.7 Å². The van der Waals surface area contributed by atoms with Gasteiger partial charge in [-0.15, -0.1) is 0 Å². The van der Waals surface area contributed by atoms with Crippen LogP contribution in [0.1, 0.15) is 57.7 Å². The van der Waals surface area contributed by atoms with E-state index < -0.39 is 23.3 Å². The number of aryl methyl sites for hydroxylation is 1. The van der Waals surface area contributed by atoms with E-state index in [2.05, 4.69) is 0 Å². The van der Waals surface area contributed by atoms with E-state index in [0.717, 1.165) is 60.7 Å². The van der Waals surface area contributed by atoms with Gasteiger partial charge < -0.3 is 4.74 Å². The molecule has 1 aliphatic carbocycles. The Morgan fingerprint density at radius 3 is 2.40 bits per heavy atom. The van der Waals surface area contributed by atoms with Crippen molar-refractivity contribution in [2.75, 3.05) is 6.61 Å². The van der Waals surface area contributed by atoms with Crippen LogP contribution in [0.15, 0.2) is 60.7 Å². The van der Waals surface area contributed by atoms with Gasteiger partial charge in [0.25, 0.3) is 5.69 Å². The lowest BCUT2D eigenvalue weighted by molar-refractivity contribution is -0.383. The van der Waals surface area contributed by atoms with Crippen molar-refractivity contribution >= 4 is 39.1 Å². The number of fused-ring (bicyclic) bond motifs is 3. The average molecular weight is 469 g/mol. The summed E-state index contributed by atoms with van der Waals surface area (Å²) in [5.41, 5.74) is 3.30. The smallest absolute Gasteiger partial charge is 0.339 e. The van der Waals surface area contributed by atoms with Gasteiger partial charge in [-0.2, -0.15) is 0 Å². The number of carbonyl (C=O) groups excluding carboxylic acids is 2. The number of esters is 1. The highest BCUT2D eigenvalue weighted by Gasteiger charge is 2.24. The number of aromatic nitrogens is 1. The maximum atomic E-state index is 13.4. The molecular formula is C28H24N2O5. The largest absolute Gasteiger partial charge is 0.454 e. The second-order valence-corrected chi connectivity index (χ2v) is 8.78. The summed E-state index contributed by atoms with van der Waals surface area (Å²) >= 11 is 0. The predicted octanol–water partition coefficient (Wildman–Crippen LogP) is 5.99. The van der Waals surface area contributed by atoms with Gasteiger partial charge in [0, 0.05) is 22.7 Å². The van der Waals surface area contributed by atoms with Crippen molar-refractivity contribution in [3.8, 4) is 0 Å². The van der Waals surface area contributed by atoms with Gasteiger partial charge in [-0.1, -0.05) is 55.3 Å². The van der Waals surface area contributed by atoms with Crippen LogP contribution in [0.4, 0.5) is 5.69 Å². The Morgan fingerprint density at radius 2 is 1.57 bits per heavy atom. The lowest BCUT2D eigenvalue weighted by Gasteiger charge is -2.18. The summed E-state index contributed by atoms with van der Waals surface area (Å²) in [6.45, 7) is -0.452. The van der Waals surface area contributed by atoms with Crippen LogP contribution < -0.4 is 0 Å². The third-order valence-corrected chi connectivity index (χ3v) is 6.60. The molecule has 0 spiro atoms. The fraction of sp³-hybridized carbons (Fsp3) is 0.250. The molecule has 4 aromatic rings. The molecule has 0 fully saturated rings. The van der Waals surface area contributed by atoms with Gasteiger partial charge in [-0.3, -0.25) is 19.9 Å². The van der Waals surface area contributed by atoms with Gasteiger partial charge in [-0.05, 0) is 48.8 Å². The minimum Gasteiger partial charge on any atom is -0.454 e. The number of nitrogens with zero attached hydrogens (tertiary/aromatic N) is 2. The quantitative estimate of drug-likeness (QED) is 0.154. The summed E-state index contributed by atoms with van der Waals surface area (Å²) in [6, 6.07) is 16.9. The summed E-state index contributed by atoms with van der Waals surface area (Å²) in [6.07, 6.45) is 5.81. The molecule has 0 bridgehead atoms. The van der Waals surface area contributed by atoms with Crippen LogP contribution >= 0.6 is 0 Å². The molecule has 1 aliphatic rings. The average Bonchev–Trinajstić information content (AvgIpc) is 2.86. The Hall–Kier alpha value is -4.13. The normalized spacial score (nSPS) is 13.6. The lowest BCUT2D eigenvalue weighted by atomic mass is 9.91. The number of pyridine rings is 1. The number of non-ortho nitro benzene ring substituents is 1. The topological polar surface area (TPSA) is 99.4 Å². The Balaban J connectivity index is 1.47. The number of nitro benzene ring substituents is 1. The maximum absolute atomic E-state index is 13.4. The highest BCUT2D eigenvalue weighted by atomic mass is 16.6. The number of benzene rings is 3. The Morgan fingerprint density at radius 1 is 0.857 bits per heavy atom. The summed E-state index contributed by atoms with van der Waals surface area (Å²) in [7, 11) is 0. The zero-order chi connectivity index (χ0) is 24.4. The van der Waals surface area contributed by atoms with Crippen molar-refractivity contribution in [3.63, 3.8) is 0 Å². The Labute approximate surface area is 201 Å². The van der Waals surface area contributed by atoms with E-state index in [0.29, 0.717) is 16.3 Å². The predicted molar refractivity (Wildman–Crippen MR) is 133 cm³/mol. The molecule has 1 heterocycles. The number of ether oxygens (including phenoxy) is 1. The van der Waals surface area contributed by atoms with E-state index in [1.165, 1.54) is 6.07 Å². The minimum atomic E-state index is -0.542. The van der Waals surface area contributed by atoms with Gasteiger partial charge >= 0.3 is 5.97 Å². The second-order valence-electron chi connectivity index (χ2n) is 8.78. The van der Waals surface area contributed by atoms with Crippen LogP contribution in [-0.2, 0) is 17.6 Å². The highest BCUT2D eigenvalue weighted by Crippen LogP contribution is 2.30. The van der Waals surface area contributed by atoms with E-state index in [1.807, 2.05) is 24.3 Å². The third-order valence-electron chi connectivity index (χ3n) is 6.60. The second kappa shape index (κ2) is 9.62. The zero-order valence-corrected chi connectivity index (χ0v) is 19.2. The van der Waals surface area contributed by atoms with Crippen LogP contribution in [0.3, 0.4) is 0 Å². The van der Waals surface area contributed by atoms with Crippen molar-refractivity contribution < 1.29 is 19.2 Å². The summed E-state index contributed by atoms with van der Waals surface area (Å²) in [5, 5.41) is 12.9. The van der Waals surface area contributed by atoms with Crippen molar-refractivity contribution in [2.45, 2.75) is 38.5 Å². The van der Waals surface area contributed by atoms with Gasteiger partial charge in [0.2, 0.25) is 5.78 Å². The maximum Gasteiger partial charge on any atom is 0.339 e. The lowest BCUT2D eigenvalue weighted by Crippen LogP contribution is -2.18. The molecule has 0 aliphatic heterocycles. The van der Waals surface area contributed by atoms with E-state index >= 15 is 0 Å². The first-order valence-electron chi connectivity index (χ1n) is 11.8. The molecule has 176 valence electrons. The SMILES string of the molecule is O=C(OCC(=O)c1cccc2c([N+](=O)[O-])cccc12)c1c2c(nc3ccccc13)CCCCCC2. The molecular weight excluding hydrogens is 444 g/mol. The van der Waals surface area contributed by atoms with E-state index in [4.69, 9.17) is 9.72 Å². The molecule has 7 nitrogen and oxygen atoms in total. The number of hydrogen-bond acceptors (Lipinski definition) is 6. The molecule has 0 unspecified atom stereocenters. The van der Waals surface area contributed by atoms with Crippen LogP contribution in [0.2, 0.25) is 0 Å². The summed E-state index contributed by atoms with van der Waals surface area (Å²) in [4.78, 5) is 42.2. The molecule has 0 amide bonds. The third kappa shape index (κ3) is 4.37. The number of para-hydroxylation sites is 1. The van der Waals surface area contributed by atoms with Crippen LogP contribution in [0.5, 0.6) is 0 Å². The first-order valence-corrected chi connectivity index (χ1v) is 11.8. The summed E-state index contributed by atoms with van der Waals surface area (Å²) in [5.74, 6) is -0.953. The van der Waals surface area contributed by atoms with E-state index in [-0.39, 0.29) is 11.3 Å². The first kappa shape index (κ1) is 22.7. The molecule has 0 saturated heterocycles.